The van der Waals surface area contributed by atoms with Crippen molar-refractivity contribution in [3.05, 3.63) is 30.3 Å². The Kier molecular flexibility index (Phi) is 8.29. The van der Waals surface area contributed by atoms with E-state index in [1.165, 1.54) is 0 Å². The van der Waals surface area contributed by atoms with E-state index in [-0.39, 0.29) is 6.42 Å². The molecule has 0 atom stereocenters. The van der Waals surface area contributed by atoms with Crippen LogP contribution in [0, 0.1) is 0 Å². The number of alkyl halides is 3. The lowest BCUT2D eigenvalue weighted by Gasteiger charge is -2.22. The van der Waals surface area contributed by atoms with Crippen LogP contribution in [-0.4, -0.2) is 50.8 Å². The summed E-state index contributed by atoms with van der Waals surface area (Å²) in [4.78, 5) is 6.00. The van der Waals surface area contributed by atoms with Crippen molar-refractivity contribution in [2.75, 3.05) is 33.8 Å². The van der Waals surface area contributed by atoms with E-state index in [4.69, 9.17) is 4.74 Å². The molecule has 0 bridgehead atoms. The molecule has 0 saturated carbocycles. The normalized spacial score (nSPS) is 12.1. The first-order valence-electron chi connectivity index (χ1n) is 7.59. The van der Waals surface area contributed by atoms with Gasteiger partial charge in [0.15, 0.2) is 5.96 Å². The van der Waals surface area contributed by atoms with E-state index < -0.39 is 12.6 Å². The minimum absolute atomic E-state index is 0.119. The van der Waals surface area contributed by atoms with Crippen LogP contribution >= 0.6 is 0 Å². The van der Waals surface area contributed by atoms with Crippen LogP contribution < -0.4 is 10.1 Å². The molecule has 0 aliphatic carbocycles. The summed E-state index contributed by atoms with van der Waals surface area (Å²) in [5.74, 6) is 1.45. The number of guanidine groups is 1. The van der Waals surface area contributed by atoms with Gasteiger partial charge in [0, 0.05) is 27.1 Å². The summed E-state index contributed by atoms with van der Waals surface area (Å²) in [6.07, 6.45) is -4.25. The fourth-order valence-corrected chi connectivity index (χ4v) is 1.96. The largest absolute Gasteiger partial charge is 0.492 e. The van der Waals surface area contributed by atoms with Crippen molar-refractivity contribution in [1.29, 1.82) is 0 Å². The second-order valence-corrected chi connectivity index (χ2v) is 5.13. The third kappa shape index (κ3) is 8.95. The zero-order valence-electron chi connectivity index (χ0n) is 13.6. The standard InChI is InChI=1S/C16H24F3N3O/c1-20-15(21-11-7-6-10-16(17,18)19)22(2)12-13-23-14-8-4-3-5-9-14/h3-5,8-9H,6-7,10-13H2,1-2H3,(H,20,21). The highest BCUT2D eigenvalue weighted by Crippen LogP contribution is 2.21. The first kappa shape index (κ1) is 19.1. The van der Waals surface area contributed by atoms with E-state index in [1.54, 1.807) is 7.05 Å². The molecule has 0 heterocycles. The van der Waals surface area contributed by atoms with Gasteiger partial charge in [-0.3, -0.25) is 4.99 Å². The van der Waals surface area contributed by atoms with Gasteiger partial charge in [-0.25, -0.2) is 0 Å². The van der Waals surface area contributed by atoms with Gasteiger partial charge in [0.2, 0.25) is 0 Å². The zero-order chi connectivity index (χ0) is 17.1. The summed E-state index contributed by atoms with van der Waals surface area (Å²) in [6.45, 7) is 1.58. The van der Waals surface area contributed by atoms with Crippen LogP contribution in [0.1, 0.15) is 19.3 Å². The molecular formula is C16H24F3N3O. The summed E-state index contributed by atoms with van der Waals surface area (Å²) in [6, 6.07) is 9.49. The van der Waals surface area contributed by atoms with E-state index >= 15 is 0 Å². The third-order valence-electron chi connectivity index (χ3n) is 3.18. The summed E-state index contributed by atoms with van der Waals surface area (Å²) >= 11 is 0. The van der Waals surface area contributed by atoms with Crippen LogP contribution in [-0.2, 0) is 0 Å². The summed E-state index contributed by atoms with van der Waals surface area (Å²) < 4.78 is 41.7. The molecule has 4 nitrogen and oxygen atoms in total. The van der Waals surface area contributed by atoms with Crippen LogP contribution in [0.4, 0.5) is 13.2 Å². The third-order valence-corrected chi connectivity index (χ3v) is 3.18. The molecule has 0 aliphatic rings. The van der Waals surface area contributed by atoms with Crippen LogP contribution in [0.2, 0.25) is 0 Å². The number of halogens is 3. The maximum Gasteiger partial charge on any atom is 0.389 e. The predicted octanol–water partition coefficient (Wildman–Crippen LogP) is 3.31. The van der Waals surface area contributed by atoms with Crippen molar-refractivity contribution in [2.24, 2.45) is 4.99 Å². The van der Waals surface area contributed by atoms with Gasteiger partial charge < -0.3 is 15.0 Å². The number of nitrogens with one attached hydrogen (secondary N) is 1. The molecule has 1 rings (SSSR count). The SMILES string of the molecule is CN=C(NCCCCC(F)(F)F)N(C)CCOc1ccccc1. The van der Waals surface area contributed by atoms with Crippen LogP contribution in [0.25, 0.3) is 0 Å². The monoisotopic (exact) mass is 331 g/mol. The number of aliphatic imine (C=N–C) groups is 1. The number of unbranched alkanes of at least 4 members (excludes halogenated alkanes) is 1. The van der Waals surface area contributed by atoms with E-state index in [1.807, 2.05) is 42.3 Å². The van der Waals surface area contributed by atoms with Gasteiger partial charge in [0.25, 0.3) is 0 Å². The average Bonchev–Trinajstić information content (AvgIpc) is 2.50. The lowest BCUT2D eigenvalue weighted by molar-refractivity contribution is -0.135. The molecule has 0 aliphatic heterocycles. The molecule has 0 saturated heterocycles. The highest BCUT2D eigenvalue weighted by Gasteiger charge is 2.25. The van der Waals surface area contributed by atoms with Crippen molar-refractivity contribution < 1.29 is 17.9 Å². The number of hydrogen-bond donors (Lipinski definition) is 1. The Hall–Kier alpha value is -1.92. The Bertz CT molecular complexity index is 463. The Morgan fingerprint density at radius 3 is 2.52 bits per heavy atom. The molecule has 1 aromatic carbocycles. The minimum atomic E-state index is -4.08. The van der Waals surface area contributed by atoms with Crippen molar-refractivity contribution in [3.63, 3.8) is 0 Å². The second kappa shape index (κ2) is 9.97. The Labute approximate surface area is 135 Å². The highest BCUT2D eigenvalue weighted by atomic mass is 19.4. The molecule has 0 amide bonds. The molecule has 0 unspecified atom stereocenters. The van der Waals surface area contributed by atoms with E-state index in [0.29, 0.717) is 32.1 Å². The maximum absolute atomic E-state index is 12.0. The van der Waals surface area contributed by atoms with Crippen molar-refractivity contribution in [2.45, 2.75) is 25.4 Å². The fraction of sp³-hybridized carbons (Fsp3) is 0.562. The Morgan fingerprint density at radius 1 is 1.22 bits per heavy atom. The number of ether oxygens (including phenoxy) is 1. The molecule has 1 N–H and O–H groups in total. The Balaban J connectivity index is 2.20. The molecule has 0 spiro atoms. The molecule has 0 fully saturated rings. The van der Waals surface area contributed by atoms with Gasteiger partial charge in [0.05, 0.1) is 6.54 Å². The molecule has 1 aromatic rings. The topological polar surface area (TPSA) is 36.9 Å². The van der Waals surface area contributed by atoms with E-state index in [2.05, 4.69) is 10.3 Å². The number of rotatable bonds is 8. The Morgan fingerprint density at radius 2 is 1.91 bits per heavy atom. The summed E-state index contributed by atoms with van der Waals surface area (Å²) in [5.41, 5.74) is 0. The van der Waals surface area contributed by atoms with Crippen LogP contribution in [0.5, 0.6) is 5.75 Å². The first-order chi connectivity index (χ1) is 10.9. The van der Waals surface area contributed by atoms with Gasteiger partial charge in [-0.1, -0.05) is 18.2 Å². The fourth-order valence-electron chi connectivity index (χ4n) is 1.96. The molecule has 0 aromatic heterocycles. The average molecular weight is 331 g/mol. The number of hydrogen-bond acceptors (Lipinski definition) is 2. The first-order valence-corrected chi connectivity index (χ1v) is 7.59. The van der Waals surface area contributed by atoms with Crippen molar-refractivity contribution in [3.8, 4) is 5.75 Å². The predicted molar refractivity (Wildman–Crippen MR) is 85.8 cm³/mol. The number of benzene rings is 1. The van der Waals surface area contributed by atoms with Gasteiger partial charge in [-0.15, -0.1) is 0 Å². The van der Waals surface area contributed by atoms with Crippen molar-refractivity contribution >= 4 is 5.96 Å². The summed E-state index contributed by atoms with van der Waals surface area (Å²) in [5, 5.41) is 3.06. The number of nitrogens with zero attached hydrogens (tertiary/aromatic N) is 2. The van der Waals surface area contributed by atoms with Gasteiger partial charge >= 0.3 is 6.18 Å². The van der Waals surface area contributed by atoms with Crippen LogP contribution in [0.3, 0.4) is 0 Å². The summed E-state index contributed by atoms with van der Waals surface area (Å²) in [7, 11) is 3.51. The van der Waals surface area contributed by atoms with E-state index in [0.717, 1.165) is 5.75 Å². The smallest absolute Gasteiger partial charge is 0.389 e. The van der Waals surface area contributed by atoms with Gasteiger partial charge in [-0.05, 0) is 25.0 Å². The minimum Gasteiger partial charge on any atom is -0.492 e. The van der Waals surface area contributed by atoms with E-state index in [9.17, 15) is 13.2 Å². The lowest BCUT2D eigenvalue weighted by atomic mass is 10.2. The molecule has 7 heteroatoms. The molecule has 23 heavy (non-hydrogen) atoms. The lowest BCUT2D eigenvalue weighted by Crippen LogP contribution is -2.41. The highest BCUT2D eigenvalue weighted by molar-refractivity contribution is 5.79. The van der Waals surface area contributed by atoms with Gasteiger partial charge in [-0.2, -0.15) is 13.2 Å². The number of likely N-dealkylation sites (N-methyl/N-ethyl adjacent to an activating group) is 1. The maximum atomic E-state index is 12.0. The van der Waals surface area contributed by atoms with Crippen molar-refractivity contribution in [1.82, 2.24) is 10.2 Å². The van der Waals surface area contributed by atoms with Crippen LogP contribution in [0.15, 0.2) is 35.3 Å². The molecule has 130 valence electrons. The number of para-hydroxylation sites is 1. The van der Waals surface area contributed by atoms with Gasteiger partial charge in [0.1, 0.15) is 12.4 Å². The quantitative estimate of drug-likeness (QED) is 0.451. The zero-order valence-corrected chi connectivity index (χ0v) is 13.6. The molecular weight excluding hydrogens is 307 g/mol. The molecule has 0 radical (unpaired) electrons. The second-order valence-electron chi connectivity index (χ2n) is 5.13.